The van der Waals surface area contributed by atoms with Crippen LogP contribution in [-0.4, -0.2) is 30.7 Å². The molecule has 0 heterocycles. The summed E-state index contributed by atoms with van der Waals surface area (Å²) in [6.07, 6.45) is -3.29. The summed E-state index contributed by atoms with van der Waals surface area (Å²) in [5.74, 6) is -0.826. The van der Waals surface area contributed by atoms with E-state index in [9.17, 15) is 13.6 Å². The van der Waals surface area contributed by atoms with Gasteiger partial charge in [0.1, 0.15) is 0 Å². The molecule has 0 bridgehead atoms. The fourth-order valence-electron chi connectivity index (χ4n) is 0.570. The maximum absolute atomic E-state index is 11.8. The lowest BCUT2D eigenvalue weighted by atomic mass is 10.2. The van der Waals surface area contributed by atoms with Crippen LogP contribution in [0.4, 0.5) is 8.78 Å². The van der Waals surface area contributed by atoms with Gasteiger partial charge in [0.05, 0.1) is 12.3 Å². The molecule has 0 aliphatic rings. The minimum absolute atomic E-state index is 0.684. The molecule has 0 radical (unpaired) electrons. The Morgan fingerprint density at radius 3 is 2.67 bits per heavy atom. The highest BCUT2D eigenvalue weighted by Gasteiger charge is 2.22. The Bertz CT molecular complexity index is 204. The van der Waals surface area contributed by atoms with Crippen molar-refractivity contribution in [3.8, 4) is 0 Å². The van der Waals surface area contributed by atoms with E-state index in [0.717, 1.165) is 7.11 Å². The van der Waals surface area contributed by atoms with Gasteiger partial charge in [-0.1, -0.05) is 0 Å². The van der Waals surface area contributed by atoms with E-state index in [1.807, 2.05) is 5.16 Å². The number of thiocarbonyl (C=S) groups is 1. The molecule has 0 amide bonds. The molecule has 3 nitrogen and oxygen atoms in total. The summed E-state index contributed by atoms with van der Waals surface area (Å²) >= 11 is 4.18. The van der Waals surface area contributed by atoms with E-state index in [-0.39, 0.29) is 0 Å². The Kier molecular flexibility index (Phi) is 5.32. The molecule has 0 aliphatic heterocycles. The van der Waals surface area contributed by atoms with E-state index in [1.165, 1.54) is 0 Å². The summed E-state index contributed by atoms with van der Waals surface area (Å²) in [4.78, 5) is 13.9. The van der Waals surface area contributed by atoms with Crippen molar-refractivity contribution in [2.24, 2.45) is 4.99 Å². The number of carbonyl (C=O) groups excluding carboxylic acids is 1. The Balaban J connectivity index is 4.22. The number of nitrogens with zero attached hydrogens (tertiary/aromatic N) is 1. The fourth-order valence-corrected chi connectivity index (χ4v) is 0.697. The number of aliphatic imine (C=N–C) groups is 1. The number of esters is 1. The molecular formula is C6H7F2NO2S. The van der Waals surface area contributed by atoms with Gasteiger partial charge in [-0.3, -0.25) is 0 Å². The predicted octanol–water partition coefficient (Wildman–Crippen LogP) is 1.29. The topological polar surface area (TPSA) is 38.7 Å². The number of hydrogen-bond donors (Lipinski definition) is 0. The van der Waals surface area contributed by atoms with Crippen molar-refractivity contribution in [2.75, 3.05) is 7.11 Å². The summed E-state index contributed by atoms with van der Waals surface area (Å²) in [6.45, 7) is 0. The first-order valence-corrected chi connectivity index (χ1v) is 3.45. The van der Waals surface area contributed by atoms with E-state index >= 15 is 0 Å². The number of isothiocyanates is 1. The van der Waals surface area contributed by atoms with Crippen LogP contribution in [-0.2, 0) is 9.53 Å². The van der Waals surface area contributed by atoms with Crippen molar-refractivity contribution in [3.05, 3.63) is 0 Å². The first kappa shape index (κ1) is 11.1. The number of halogens is 2. The third kappa shape index (κ3) is 4.10. The molecule has 0 rings (SSSR count). The van der Waals surface area contributed by atoms with Crippen LogP contribution in [0, 0.1) is 0 Å². The van der Waals surface area contributed by atoms with E-state index < -0.39 is 24.9 Å². The smallest absolute Gasteiger partial charge is 0.331 e. The maximum atomic E-state index is 11.8. The zero-order valence-corrected chi connectivity index (χ0v) is 7.11. The largest absolute Gasteiger partial charge is 0.467 e. The lowest BCUT2D eigenvalue weighted by Crippen LogP contribution is -2.22. The van der Waals surface area contributed by atoms with E-state index in [4.69, 9.17) is 0 Å². The van der Waals surface area contributed by atoms with Crippen molar-refractivity contribution in [1.82, 2.24) is 0 Å². The highest BCUT2D eigenvalue weighted by atomic mass is 32.1. The fraction of sp³-hybridized carbons (Fsp3) is 0.667. The second kappa shape index (κ2) is 5.74. The van der Waals surface area contributed by atoms with Crippen LogP contribution in [0.1, 0.15) is 6.42 Å². The molecule has 1 unspecified atom stereocenters. The van der Waals surface area contributed by atoms with Crippen LogP contribution in [0.3, 0.4) is 0 Å². The quantitative estimate of drug-likeness (QED) is 0.385. The van der Waals surface area contributed by atoms with Crippen molar-refractivity contribution >= 4 is 23.3 Å². The number of methoxy groups -OCH3 is 1. The summed E-state index contributed by atoms with van der Waals surface area (Å²) in [7, 11) is 1.10. The molecule has 1 atom stereocenters. The molecule has 12 heavy (non-hydrogen) atoms. The average molecular weight is 195 g/mol. The Morgan fingerprint density at radius 1 is 1.75 bits per heavy atom. The highest BCUT2D eigenvalue weighted by molar-refractivity contribution is 7.78. The Labute approximate surface area is 73.4 Å². The summed E-state index contributed by atoms with van der Waals surface area (Å²) < 4.78 is 27.8. The SMILES string of the molecule is COC(=O)C(CC(F)F)N=C=S. The summed E-state index contributed by atoms with van der Waals surface area (Å²) in [5, 5.41) is 1.86. The second-order valence-electron chi connectivity index (χ2n) is 1.89. The van der Waals surface area contributed by atoms with Crippen LogP contribution in [0.2, 0.25) is 0 Å². The molecule has 0 saturated heterocycles. The molecule has 0 spiro atoms. The van der Waals surface area contributed by atoms with Gasteiger partial charge in [0.25, 0.3) is 0 Å². The minimum atomic E-state index is -2.61. The van der Waals surface area contributed by atoms with Gasteiger partial charge in [-0.05, 0) is 12.2 Å². The molecule has 0 N–H and O–H groups in total. The van der Waals surface area contributed by atoms with E-state index in [0.29, 0.717) is 0 Å². The number of rotatable bonds is 4. The molecule has 0 saturated carbocycles. The van der Waals surface area contributed by atoms with Crippen molar-refractivity contribution in [1.29, 1.82) is 0 Å². The molecule has 6 heteroatoms. The third-order valence-electron chi connectivity index (χ3n) is 1.08. The van der Waals surface area contributed by atoms with Crippen molar-refractivity contribution in [2.45, 2.75) is 18.9 Å². The van der Waals surface area contributed by atoms with Gasteiger partial charge in [0.15, 0.2) is 6.04 Å². The molecule has 0 aliphatic carbocycles. The van der Waals surface area contributed by atoms with Crippen LogP contribution in [0.15, 0.2) is 4.99 Å². The molecule has 0 aromatic carbocycles. The van der Waals surface area contributed by atoms with E-state index in [2.05, 4.69) is 21.9 Å². The summed E-state index contributed by atoms with van der Waals surface area (Å²) in [5.41, 5.74) is 0. The van der Waals surface area contributed by atoms with Crippen LogP contribution in [0.25, 0.3) is 0 Å². The maximum Gasteiger partial charge on any atom is 0.331 e. The lowest BCUT2D eigenvalue weighted by Gasteiger charge is -2.06. The van der Waals surface area contributed by atoms with Crippen LogP contribution < -0.4 is 0 Å². The molecular weight excluding hydrogens is 188 g/mol. The second-order valence-corrected chi connectivity index (χ2v) is 2.07. The number of ether oxygens (including phenoxy) is 1. The van der Waals surface area contributed by atoms with Gasteiger partial charge in [0.2, 0.25) is 6.43 Å². The standard InChI is InChI=1S/C6H7F2NO2S/c1-11-6(10)4(9-3-12)2-5(7)8/h4-5H,2H2,1H3. The van der Waals surface area contributed by atoms with Gasteiger partial charge in [-0.2, -0.15) is 0 Å². The zero-order chi connectivity index (χ0) is 9.56. The lowest BCUT2D eigenvalue weighted by molar-refractivity contribution is -0.143. The van der Waals surface area contributed by atoms with Gasteiger partial charge >= 0.3 is 5.97 Å². The zero-order valence-electron chi connectivity index (χ0n) is 6.29. The van der Waals surface area contributed by atoms with E-state index in [1.54, 1.807) is 0 Å². The van der Waals surface area contributed by atoms with Crippen LogP contribution >= 0.6 is 12.2 Å². The Morgan fingerprint density at radius 2 is 2.33 bits per heavy atom. The Hall–Kier alpha value is -0.870. The highest BCUT2D eigenvalue weighted by Crippen LogP contribution is 2.08. The first-order valence-electron chi connectivity index (χ1n) is 3.04. The van der Waals surface area contributed by atoms with Gasteiger partial charge in [0, 0.05) is 6.42 Å². The van der Waals surface area contributed by atoms with Crippen molar-refractivity contribution < 1.29 is 18.3 Å². The number of alkyl halides is 2. The van der Waals surface area contributed by atoms with Gasteiger partial charge in [-0.25, -0.2) is 18.6 Å². The number of carbonyl (C=O) groups is 1. The van der Waals surface area contributed by atoms with Crippen molar-refractivity contribution in [3.63, 3.8) is 0 Å². The summed E-state index contributed by atoms with van der Waals surface area (Å²) in [6, 6.07) is -1.23. The van der Waals surface area contributed by atoms with Gasteiger partial charge < -0.3 is 4.74 Å². The monoisotopic (exact) mass is 195 g/mol. The molecule has 0 fully saturated rings. The molecule has 0 aromatic heterocycles. The van der Waals surface area contributed by atoms with Gasteiger partial charge in [-0.15, -0.1) is 0 Å². The van der Waals surface area contributed by atoms with Crippen LogP contribution in [0.5, 0.6) is 0 Å². The molecule has 68 valence electrons. The third-order valence-corrected chi connectivity index (χ3v) is 1.19. The predicted molar refractivity (Wildman–Crippen MR) is 41.5 cm³/mol. The average Bonchev–Trinajstić information content (AvgIpc) is 2.01. The molecule has 0 aromatic rings. The normalized spacial score (nSPS) is 12.0. The first-order chi connectivity index (χ1) is 5.61. The minimum Gasteiger partial charge on any atom is -0.467 e. The number of hydrogen-bond acceptors (Lipinski definition) is 4.